The second-order valence-corrected chi connectivity index (χ2v) is 9.83. The predicted octanol–water partition coefficient (Wildman–Crippen LogP) is 3.95. The van der Waals surface area contributed by atoms with Crippen molar-refractivity contribution in [1.82, 2.24) is 9.78 Å². The van der Waals surface area contributed by atoms with Crippen LogP contribution in [-0.4, -0.2) is 24.0 Å². The lowest BCUT2D eigenvalue weighted by molar-refractivity contribution is 0.462. The standard InChI is InChI=1S/C15H19BrN2O2S/c1-15(2,3)9-21(19,20)12-6-10-8-17-18(11-4-5-11)14(10)13(16)7-12/h6-8,11H,4-5,9H2,1-3H3. The second kappa shape index (κ2) is 4.81. The summed E-state index contributed by atoms with van der Waals surface area (Å²) >= 11 is 3.52. The Morgan fingerprint density at radius 2 is 2.00 bits per heavy atom. The molecule has 0 unspecified atom stereocenters. The van der Waals surface area contributed by atoms with Crippen molar-refractivity contribution >= 4 is 36.7 Å². The summed E-state index contributed by atoms with van der Waals surface area (Å²) in [7, 11) is -3.29. The molecule has 0 saturated heterocycles. The average Bonchev–Trinajstić information content (AvgIpc) is 3.06. The summed E-state index contributed by atoms with van der Waals surface area (Å²) in [6, 6.07) is 3.92. The van der Waals surface area contributed by atoms with Gasteiger partial charge < -0.3 is 0 Å². The molecule has 0 spiro atoms. The molecule has 1 aliphatic rings. The summed E-state index contributed by atoms with van der Waals surface area (Å²) in [5.41, 5.74) is 0.727. The van der Waals surface area contributed by atoms with Crippen molar-refractivity contribution in [1.29, 1.82) is 0 Å². The van der Waals surface area contributed by atoms with E-state index in [1.54, 1.807) is 18.3 Å². The number of rotatable bonds is 3. The van der Waals surface area contributed by atoms with Gasteiger partial charge in [0.15, 0.2) is 9.84 Å². The molecule has 6 heteroatoms. The quantitative estimate of drug-likeness (QED) is 0.821. The molecule has 1 aliphatic carbocycles. The number of hydrogen-bond donors (Lipinski definition) is 0. The Kier molecular flexibility index (Phi) is 3.44. The van der Waals surface area contributed by atoms with Gasteiger partial charge in [-0.1, -0.05) is 20.8 Å². The molecule has 0 bridgehead atoms. The zero-order valence-electron chi connectivity index (χ0n) is 12.4. The van der Waals surface area contributed by atoms with Crippen molar-refractivity contribution in [3.63, 3.8) is 0 Å². The zero-order valence-corrected chi connectivity index (χ0v) is 14.8. The Balaban J connectivity index is 2.09. The van der Waals surface area contributed by atoms with E-state index < -0.39 is 9.84 Å². The molecule has 1 saturated carbocycles. The lowest BCUT2D eigenvalue weighted by atomic mass is 10.0. The molecule has 0 N–H and O–H groups in total. The average molecular weight is 371 g/mol. The molecule has 1 aromatic carbocycles. The van der Waals surface area contributed by atoms with E-state index in [1.165, 1.54) is 0 Å². The molecule has 1 fully saturated rings. The van der Waals surface area contributed by atoms with Crippen LogP contribution < -0.4 is 0 Å². The van der Waals surface area contributed by atoms with Gasteiger partial charge in [0.25, 0.3) is 0 Å². The van der Waals surface area contributed by atoms with Crippen LogP contribution in [0.15, 0.2) is 27.7 Å². The molecule has 4 nitrogen and oxygen atoms in total. The summed E-state index contributed by atoms with van der Waals surface area (Å²) in [4.78, 5) is 0.368. The van der Waals surface area contributed by atoms with Gasteiger partial charge in [-0.05, 0) is 46.3 Å². The number of hydrogen-bond acceptors (Lipinski definition) is 3. The van der Waals surface area contributed by atoms with Crippen LogP contribution in [0.2, 0.25) is 0 Å². The SMILES string of the molecule is CC(C)(C)CS(=O)(=O)c1cc(Br)c2c(cnn2C2CC2)c1. The van der Waals surface area contributed by atoms with E-state index in [-0.39, 0.29) is 11.2 Å². The summed E-state index contributed by atoms with van der Waals surface area (Å²) < 4.78 is 27.9. The summed E-state index contributed by atoms with van der Waals surface area (Å²) in [6.45, 7) is 5.80. The van der Waals surface area contributed by atoms with Crippen LogP contribution in [0.1, 0.15) is 39.7 Å². The van der Waals surface area contributed by atoms with Crippen LogP contribution in [0, 0.1) is 5.41 Å². The number of benzene rings is 1. The van der Waals surface area contributed by atoms with Crippen molar-refractivity contribution in [3.05, 3.63) is 22.8 Å². The minimum atomic E-state index is -3.29. The number of nitrogens with zero attached hydrogens (tertiary/aromatic N) is 2. The maximum Gasteiger partial charge on any atom is 0.178 e. The second-order valence-electron chi connectivity index (χ2n) is 6.98. The Morgan fingerprint density at radius 3 is 2.57 bits per heavy atom. The van der Waals surface area contributed by atoms with E-state index in [4.69, 9.17) is 0 Å². The number of halogens is 1. The molecule has 2 aromatic rings. The normalized spacial score (nSPS) is 16.6. The van der Waals surface area contributed by atoms with E-state index in [0.717, 1.165) is 28.2 Å². The Labute approximate surface area is 133 Å². The molecule has 3 rings (SSSR count). The fraction of sp³-hybridized carbons (Fsp3) is 0.533. The first-order valence-electron chi connectivity index (χ1n) is 7.07. The van der Waals surface area contributed by atoms with Crippen LogP contribution in [0.4, 0.5) is 0 Å². The zero-order chi connectivity index (χ0) is 15.4. The lowest BCUT2D eigenvalue weighted by Gasteiger charge is -2.18. The van der Waals surface area contributed by atoms with Crippen LogP contribution in [-0.2, 0) is 9.84 Å². The van der Waals surface area contributed by atoms with Crippen molar-refractivity contribution in [2.75, 3.05) is 5.75 Å². The molecule has 0 atom stereocenters. The predicted molar refractivity (Wildman–Crippen MR) is 87.2 cm³/mol. The van der Waals surface area contributed by atoms with Crippen LogP contribution in [0.25, 0.3) is 10.9 Å². The first-order chi connectivity index (χ1) is 9.67. The molecule has 114 valence electrons. The molecule has 1 aromatic heterocycles. The molecular weight excluding hydrogens is 352 g/mol. The fourth-order valence-electron chi connectivity index (χ4n) is 2.55. The monoisotopic (exact) mass is 370 g/mol. The van der Waals surface area contributed by atoms with Crippen LogP contribution in [0.3, 0.4) is 0 Å². The largest absolute Gasteiger partial charge is 0.261 e. The van der Waals surface area contributed by atoms with Gasteiger partial charge in [-0.15, -0.1) is 0 Å². The van der Waals surface area contributed by atoms with E-state index in [1.807, 2.05) is 25.5 Å². The molecule has 1 heterocycles. The first kappa shape index (κ1) is 15.0. The maximum absolute atomic E-state index is 12.5. The Bertz CT molecular complexity index is 799. The molecule has 0 aliphatic heterocycles. The lowest BCUT2D eigenvalue weighted by Crippen LogP contribution is -2.20. The number of sulfone groups is 1. The third-order valence-electron chi connectivity index (χ3n) is 3.49. The highest BCUT2D eigenvalue weighted by atomic mass is 79.9. The van der Waals surface area contributed by atoms with E-state index in [9.17, 15) is 8.42 Å². The number of aromatic nitrogens is 2. The summed E-state index contributed by atoms with van der Waals surface area (Å²) in [6.07, 6.45) is 4.05. The van der Waals surface area contributed by atoms with Gasteiger partial charge in [0.2, 0.25) is 0 Å². The highest BCUT2D eigenvalue weighted by Gasteiger charge is 2.28. The van der Waals surface area contributed by atoms with Crippen molar-refractivity contribution < 1.29 is 8.42 Å². The van der Waals surface area contributed by atoms with Gasteiger partial charge in [0.05, 0.1) is 28.4 Å². The molecule has 0 radical (unpaired) electrons. The fourth-order valence-corrected chi connectivity index (χ4v) is 5.27. The van der Waals surface area contributed by atoms with Crippen molar-refractivity contribution in [3.8, 4) is 0 Å². The van der Waals surface area contributed by atoms with Gasteiger partial charge in [-0.25, -0.2) is 8.42 Å². The van der Waals surface area contributed by atoms with Crippen molar-refractivity contribution in [2.45, 2.75) is 44.6 Å². The summed E-state index contributed by atoms with van der Waals surface area (Å²) in [5, 5.41) is 5.29. The topological polar surface area (TPSA) is 52.0 Å². The van der Waals surface area contributed by atoms with Crippen molar-refractivity contribution in [2.24, 2.45) is 5.41 Å². The molecule has 21 heavy (non-hydrogen) atoms. The minimum Gasteiger partial charge on any atom is -0.261 e. The smallest absolute Gasteiger partial charge is 0.178 e. The van der Waals surface area contributed by atoms with E-state index in [0.29, 0.717) is 10.9 Å². The molecule has 0 amide bonds. The van der Waals surface area contributed by atoms with Gasteiger partial charge in [0, 0.05) is 9.86 Å². The third kappa shape index (κ3) is 3.01. The van der Waals surface area contributed by atoms with Crippen LogP contribution in [0.5, 0.6) is 0 Å². The summed E-state index contributed by atoms with van der Waals surface area (Å²) in [5.74, 6) is 0.134. The van der Waals surface area contributed by atoms with Gasteiger partial charge in [0.1, 0.15) is 0 Å². The van der Waals surface area contributed by atoms with Gasteiger partial charge in [-0.3, -0.25) is 4.68 Å². The third-order valence-corrected chi connectivity index (χ3v) is 6.30. The van der Waals surface area contributed by atoms with Crippen LogP contribution >= 0.6 is 15.9 Å². The number of fused-ring (bicyclic) bond motifs is 1. The molecular formula is C15H19BrN2O2S. The van der Waals surface area contributed by atoms with E-state index >= 15 is 0 Å². The first-order valence-corrected chi connectivity index (χ1v) is 9.51. The van der Waals surface area contributed by atoms with E-state index in [2.05, 4.69) is 21.0 Å². The minimum absolute atomic E-state index is 0.134. The highest BCUT2D eigenvalue weighted by molar-refractivity contribution is 9.10. The highest BCUT2D eigenvalue weighted by Crippen LogP contribution is 2.39. The van der Waals surface area contributed by atoms with Gasteiger partial charge >= 0.3 is 0 Å². The Hall–Kier alpha value is -0.880. The Morgan fingerprint density at radius 1 is 1.33 bits per heavy atom. The maximum atomic E-state index is 12.5. The van der Waals surface area contributed by atoms with Gasteiger partial charge in [-0.2, -0.15) is 5.10 Å².